The SMILES string of the molecule is CCN(CC)c1ccc(C=NCC(O)c2cccc(OC)c2)c(O)c1. The van der Waals surface area contributed by atoms with Crippen molar-refractivity contribution in [1.29, 1.82) is 0 Å². The lowest BCUT2D eigenvalue weighted by Crippen LogP contribution is -2.21. The molecule has 0 aliphatic rings. The zero-order chi connectivity index (χ0) is 18.2. The van der Waals surface area contributed by atoms with E-state index in [1.54, 1.807) is 25.5 Å². The second-order valence-electron chi connectivity index (χ2n) is 5.70. The van der Waals surface area contributed by atoms with Crippen molar-refractivity contribution in [3.8, 4) is 11.5 Å². The summed E-state index contributed by atoms with van der Waals surface area (Å²) in [6.45, 7) is 6.14. The lowest BCUT2D eigenvalue weighted by Gasteiger charge is -2.21. The van der Waals surface area contributed by atoms with E-state index < -0.39 is 6.10 Å². The number of nitrogens with zero attached hydrogens (tertiary/aromatic N) is 2. The molecular weight excluding hydrogens is 316 g/mol. The van der Waals surface area contributed by atoms with Gasteiger partial charge in [-0.15, -0.1) is 0 Å². The Labute approximate surface area is 149 Å². The molecule has 2 aromatic rings. The van der Waals surface area contributed by atoms with E-state index in [2.05, 4.69) is 23.7 Å². The topological polar surface area (TPSA) is 65.3 Å². The third-order valence-electron chi connectivity index (χ3n) is 4.13. The van der Waals surface area contributed by atoms with Gasteiger partial charge in [-0.05, 0) is 43.7 Å². The number of ether oxygens (including phenoxy) is 1. The van der Waals surface area contributed by atoms with Gasteiger partial charge in [0, 0.05) is 36.6 Å². The number of hydrogen-bond acceptors (Lipinski definition) is 5. The predicted octanol–water partition coefficient (Wildman–Crippen LogP) is 3.40. The molecule has 0 saturated heterocycles. The van der Waals surface area contributed by atoms with Crippen LogP contribution in [0.15, 0.2) is 47.5 Å². The Bertz CT molecular complexity index is 712. The summed E-state index contributed by atoms with van der Waals surface area (Å²) in [6.07, 6.45) is 0.869. The van der Waals surface area contributed by atoms with Crippen molar-refractivity contribution in [2.45, 2.75) is 20.0 Å². The average Bonchev–Trinajstić information content (AvgIpc) is 2.64. The summed E-state index contributed by atoms with van der Waals surface area (Å²) in [5.74, 6) is 0.884. The van der Waals surface area contributed by atoms with Crippen molar-refractivity contribution < 1.29 is 14.9 Å². The summed E-state index contributed by atoms with van der Waals surface area (Å²) in [4.78, 5) is 6.42. The minimum absolute atomic E-state index is 0.184. The molecule has 2 aromatic carbocycles. The first-order chi connectivity index (χ1) is 12.1. The molecule has 0 amide bonds. The van der Waals surface area contributed by atoms with E-state index in [9.17, 15) is 10.2 Å². The van der Waals surface area contributed by atoms with Crippen LogP contribution < -0.4 is 9.64 Å². The number of aliphatic hydroxyl groups is 1. The molecular formula is C20H26N2O3. The molecule has 1 atom stereocenters. The normalized spacial score (nSPS) is 12.3. The molecule has 0 bridgehead atoms. The minimum atomic E-state index is -0.719. The van der Waals surface area contributed by atoms with E-state index in [0.717, 1.165) is 24.3 Å². The maximum absolute atomic E-state index is 10.2. The highest BCUT2D eigenvalue weighted by molar-refractivity contribution is 5.84. The van der Waals surface area contributed by atoms with Crippen LogP contribution in [0, 0.1) is 0 Å². The lowest BCUT2D eigenvalue weighted by atomic mass is 10.1. The van der Waals surface area contributed by atoms with Crippen LogP contribution in [0.3, 0.4) is 0 Å². The van der Waals surface area contributed by atoms with Gasteiger partial charge in [-0.2, -0.15) is 0 Å². The quantitative estimate of drug-likeness (QED) is 0.722. The van der Waals surface area contributed by atoms with Crippen molar-refractivity contribution in [2.75, 3.05) is 31.6 Å². The van der Waals surface area contributed by atoms with Gasteiger partial charge >= 0.3 is 0 Å². The van der Waals surface area contributed by atoms with Crippen molar-refractivity contribution in [3.05, 3.63) is 53.6 Å². The fraction of sp³-hybridized carbons (Fsp3) is 0.350. The van der Waals surface area contributed by atoms with Crippen LogP contribution in [-0.4, -0.2) is 43.2 Å². The van der Waals surface area contributed by atoms with Crippen molar-refractivity contribution in [3.63, 3.8) is 0 Å². The standard InChI is InChI=1S/C20H26N2O3/c1-4-22(5-2)17-10-9-16(19(23)12-17)13-21-14-20(24)15-7-6-8-18(11-15)25-3/h6-13,20,23-24H,4-5,14H2,1-3H3. The molecule has 2 N–H and O–H groups in total. The number of rotatable bonds is 8. The molecule has 0 radical (unpaired) electrons. The molecule has 0 aliphatic heterocycles. The minimum Gasteiger partial charge on any atom is -0.507 e. The molecule has 134 valence electrons. The second-order valence-corrected chi connectivity index (χ2v) is 5.70. The van der Waals surface area contributed by atoms with Crippen LogP contribution >= 0.6 is 0 Å². The van der Waals surface area contributed by atoms with E-state index in [4.69, 9.17) is 4.74 Å². The van der Waals surface area contributed by atoms with Crippen LogP contribution in [0.1, 0.15) is 31.1 Å². The molecule has 1 unspecified atom stereocenters. The monoisotopic (exact) mass is 342 g/mol. The zero-order valence-corrected chi connectivity index (χ0v) is 15.0. The Morgan fingerprint density at radius 2 is 1.92 bits per heavy atom. The number of aromatic hydroxyl groups is 1. The van der Waals surface area contributed by atoms with Gasteiger partial charge < -0.3 is 19.8 Å². The third-order valence-corrected chi connectivity index (χ3v) is 4.13. The Morgan fingerprint density at radius 3 is 2.56 bits per heavy atom. The highest BCUT2D eigenvalue weighted by atomic mass is 16.5. The fourth-order valence-corrected chi connectivity index (χ4v) is 2.63. The van der Waals surface area contributed by atoms with E-state index in [1.165, 1.54) is 0 Å². The molecule has 5 heteroatoms. The highest BCUT2D eigenvalue weighted by Crippen LogP contribution is 2.24. The number of methoxy groups -OCH3 is 1. The summed E-state index contributed by atoms with van der Waals surface area (Å²) in [5.41, 5.74) is 2.36. The number of hydrogen-bond donors (Lipinski definition) is 2. The molecule has 5 nitrogen and oxygen atoms in total. The van der Waals surface area contributed by atoms with Gasteiger partial charge in [0.1, 0.15) is 11.5 Å². The van der Waals surface area contributed by atoms with Gasteiger partial charge in [0.15, 0.2) is 0 Å². The first-order valence-corrected chi connectivity index (χ1v) is 8.48. The summed E-state index contributed by atoms with van der Waals surface area (Å²) in [5, 5.41) is 20.4. The van der Waals surface area contributed by atoms with Gasteiger partial charge in [0.25, 0.3) is 0 Å². The summed E-state index contributed by atoms with van der Waals surface area (Å²) >= 11 is 0. The Balaban J connectivity index is 2.03. The molecule has 0 spiro atoms. The maximum Gasteiger partial charge on any atom is 0.126 e. The molecule has 0 aromatic heterocycles. The number of aliphatic imine (C=N–C) groups is 1. The molecule has 2 rings (SSSR count). The summed E-state index contributed by atoms with van der Waals surface area (Å²) in [7, 11) is 1.59. The van der Waals surface area contributed by atoms with Gasteiger partial charge in [-0.1, -0.05) is 12.1 Å². The van der Waals surface area contributed by atoms with E-state index >= 15 is 0 Å². The number of phenolic OH excluding ortho intramolecular Hbond substituents is 1. The summed E-state index contributed by atoms with van der Waals surface area (Å²) in [6, 6.07) is 12.8. The predicted molar refractivity (Wildman–Crippen MR) is 102 cm³/mol. The Kier molecular flexibility index (Phi) is 6.83. The van der Waals surface area contributed by atoms with Crippen LogP contribution in [0.2, 0.25) is 0 Å². The third kappa shape index (κ3) is 4.97. The lowest BCUT2D eigenvalue weighted by molar-refractivity contribution is 0.187. The van der Waals surface area contributed by atoms with Crippen LogP contribution in [0.4, 0.5) is 5.69 Å². The van der Waals surface area contributed by atoms with Gasteiger partial charge in [0.05, 0.1) is 19.8 Å². The van der Waals surface area contributed by atoms with E-state index in [0.29, 0.717) is 11.3 Å². The summed E-state index contributed by atoms with van der Waals surface area (Å²) < 4.78 is 5.16. The second kappa shape index (κ2) is 9.08. The van der Waals surface area contributed by atoms with Crippen molar-refractivity contribution in [2.24, 2.45) is 4.99 Å². The number of anilines is 1. The Morgan fingerprint density at radius 1 is 1.16 bits per heavy atom. The van der Waals surface area contributed by atoms with E-state index in [1.807, 2.05) is 30.3 Å². The first-order valence-electron chi connectivity index (χ1n) is 8.48. The van der Waals surface area contributed by atoms with Crippen LogP contribution in [-0.2, 0) is 0 Å². The fourth-order valence-electron chi connectivity index (χ4n) is 2.63. The van der Waals surface area contributed by atoms with E-state index in [-0.39, 0.29) is 12.3 Å². The highest BCUT2D eigenvalue weighted by Gasteiger charge is 2.08. The zero-order valence-electron chi connectivity index (χ0n) is 15.0. The number of phenols is 1. The maximum atomic E-state index is 10.2. The first kappa shape index (κ1) is 18.8. The molecule has 0 saturated carbocycles. The smallest absolute Gasteiger partial charge is 0.126 e. The average molecular weight is 342 g/mol. The molecule has 25 heavy (non-hydrogen) atoms. The van der Waals surface area contributed by atoms with Gasteiger partial charge in [0.2, 0.25) is 0 Å². The number of aliphatic hydroxyl groups excluding tert-OH is 1. The van der Waals surface area contributed by atoms with Crippen LogP contribution in [0.25, 0.3) is 0 Å². The molecule has 0 aliphatic carbocycles. The van der Waals surface area contributed by atoms with Crippen LogP contribution in [0.5, 0.6) is 11.5 Å². The largest absolute Gasteiger partial charge is 0.507 e. The molecule has 0 heterocycles. The molecule has 0 fully saturated rings. The number of benzene rings is 2. The van der Waals surface area contributed by atoms with Gasteiger partial charge in [-0.25, -0.2) is 0 Å². The Hall–Kier alpha value is -2.53. The van der Waals surface area contributed by atoms with Crippen molar-refractivity contribution in [1.82, 2.24) is 0 Å². The van der Waals surface area contributed by atoms with Gasteiger partial charge in [-0.3, -0.25) is 4.99 Å². The van der Waals surface area contributed by atoms with Crippen molar-refractivity contribution >= 4 is 11.9 Å².